The van der Waals surface area contributed by atoms with E-state index in [1.165, 1.54) is 3.97 Å². The lowest BCUT2D eigenvalue weighted by Crippen LogP contribution is -2.20. The highest BCUT2D eigenvalue weighted by Gasteiger charge is 2.31. The molecule has 4 aromatic rings. The van der Waals surface area contributed by atoms with Gasteiger partial charge in [0.05, 0.1) is 22.5 Å². The summed E-state index contributed by atoms with van der Waals surface area (Å²) in [5.41, 5.74) is 4.98. The second-order valence-corrected chi connectivity index (χ2v) is 12.3. The summed E-state index contributed by atoms with van der Waals surface area (Å²) in [6.07, 6.45) is 3.66. The summed E-state index contributed by atoms with van der Waals surface area (Å²) in [5, 5.41) is 0. The Morgan fingerprint density at radius 2 is 1.45 bits per heavy atom. The highest BCUT2D eigenvalue weighted by molar-refractivity contribution is 7.90. The fourth-order valence-corrected chi connectivity index (χ4v) is 6.80. The summed E-state index contributed by atoms with van der Waals surface area (Å²) in [6, 6.07) is 19.2. The van der Waals surface area contributed by atoms with Crippen LogP contribution in [0, 0.1) is 0 Å². The normalized spacial score (nSPS) is 12.5. The molecule has 200 valence electrons. The first-order valence-electron chi connectivity index (χ1n) is 13.4. The molecule has 3 aromatic carbocycles. The van der Waals surface area contributed by atoms with Crippen molar-refractivity contribution in [3.8, 4) is 5.75 Å². The van der Waals surface area contributed by atoms with Gasteiger partial charge in [-0.25, -0.2) is 17.4 Å². The van der Waals surface area contributed by atoms with Crippen molar-refractivity contribution in [2.75, 3.05) is 6.61 Å². The number of fused-ring (bicyclic) bond motifs is 1. The quantitative estimate of drug-likeness (QED) is 0.219. The Morgan fingerprint density at radius 3 is 2.00 bits per heavy atom. The van der Waals surface area contributed by atoms with Crippen LogP contribution < -0.4 is 4.74 Å². The number of hydrogen-bond acceptors (Lipinski definition) is 4. The van der Waals surface area contributed by atoms with E-state index in [4.69, 9.17) is 9.72 Å². The number of nitrogens with zero attached hydrogens (tertiary/aromatic N) is 2. The third kappa shape index (κ3) is 5.41. The average molecular weight is 531 g/mol. The second-order valence-electron chi connectivity index (χ2n) is 10.6. The van der Waals surface area contributed by atoms with Gasteiger partial charge in [-0.05, 0) is 77.3 Å². The highest BCUT2D eigenvalue weighted by atomic mass is 32.2. The molecule has 0 N–H and O–H groups in total. The Bertz CT molecular complexity index is 1530. The van der Waals surface area contributed by atoms with E-state index in [9.17, 15) is 8.42 Å². The maximum atomic E-state index is 14.7. The molecular weight excluding hydrogens is 492 g/mol. The van der Waals surface area contributed by atoms with E-state index in [0.717, 1.165) is 28.0 Å². The molecule has 4 rings (SSSR count). The largest absolute Gasteiger partial charge is 0.494 e. The molecule has 5 nitrogen and oxygen atoms in total. The summed E-state index contributed by atoms with van der Waals surface area (Å²) >= 11 is 0. The molecule has 0 amide bonds. The SMILES string of the molecule is CCOc1ccc(C=Cc2nc3ccccc3n2S(=O)(=O)c2c(C(C)C)cc(C(C)C)cc2C(C)C)cc1. The molecule has 0 fully saturated rings. The van der Waals surface area contributed by atoms with Crippen LogP contribution >= 0.6 is 0 Å². The van der Waals surface area contributed by atoms with Crippen LogP contribution in [0.4, 0.5) is 0 Å². The minimum absolute atomic E-state index is 0.0357. The topological polar surface area (TPSA) is 61.2 Å². The smallest absolute Gasteiger partial charge is 0.270 e. The number of rotatable bonds is 9. The molecule has 0 aliphatic carbocycles. The zero-order valence-corrected chi connectivity index (χ0v) is 24.2. The van der Waals surface area contributed by atoms with E-state index in [2.05, 4.69) is 53.7 Å². The van der Waals surface area contributed by atoms with E-state index < -0.39 is 10.0 Å². The van der Waals surface area contributed by atoms with Crippen LogP contribution in [-0.4, -0.2) is 24.0 Å². The molecule has 0 spiro atoms. The van der Waals surface area contributed by atoms with Crippen LogP contribution in [0.2, 0.25) is 0 Å². The predicted octanol–water partition coefficient (Wildman–Crippen LogP) is 8.21. The predicted molar refractivity (Wildman–Crippen MR) is 158 cm³/mol. The van der Waals surface area contributed by atoms with E-state index >= 15 is 0 Å². The van der Waals surface area contributed by atoms with E-state index in [0.29, 0.717) is 34.3 Å². The van der Waals surface area contributed by atoms with Gasteiger partial charge in [0.15, 0.2) is 0 Å². The summed E-state index contributed by atoms with van der Waals surface area (Å²) in [6.45, 7) is 15.1. The molecule has 0 aliphatic rings. The van der Waals surface area contributed by atoms with Gasteiger partial charge < -0.3 is 4.74 Å². The molecule has 1 aromatic heterocycles. The van der Waals surface area contributed by atoms with Crippen molar-refractivity contribution < 1.29 is 13.2 Å². The molecule has 0 saturated carbocycles. The number of para-hydroxylation sites is 2. The van der Waals surface area contributed by atoms with Crippen LogP contribution in [0.25, 0.3) is 23.2 Å². The van der Waals surface area contributed by atoms with Crippen molar-refractivity contribution in [1.29, 1.82) is 0 Å². The van der Waals surface area contributed by atoms with Crippen molar-refractivity contribution in [2.45, 2.75) is 71.1 Å². The van der Waals surface area contributed by atoms with Crippen LogP contribution in [0.1, 0.15) is 94.3 Å². The first kappa shape index (κ1) is 27.6. The van der Waals surface area contributed by atoms with Crippen LogP contribution in [0.3, 0.4) is 0 Å². The van der Waals surface area contributed by atoms with Gasteiger partial charge in [0.2, 0.25) is 0 Å². The molecule has 0 radical (unpaired) electrons. The van der Waals surface area contributed by atoms with Crippen molar-refractivity contribution in [1.82, 2.24) is 8.96 Å². The Morgan fingerprint density at radius 1 is 0.842 bits per heavy atom. The number of aromatic nitrogens is 2. The van der Waals surface area contributed by atoms with E-state index in [1.807, 2.05) is 61.5 Å². The average Bonchev–Trinajstić information content (AvgIpc) is 3.26. The zero-order chi connectivity index (χ0) is 27.6. The van der Waals surface area contributed by atoms with Crippen molar-refractivity contribution in [2.24, 2.45) is 0 Å². The molecule has 0 bridgehead atoms. The maximum Gasteiger partial charge on any atom is 0.270 e. The Kier molecular flexibility index (Phi) is 8.12. The number of imidazole rings is 1. The first-order chi connectivity index (χ1) is 18.0. The second kappa shape index (κ2) is 11.2. The third-order valence-electron chi connectivity index (χ3n) is 6.74. The summed E-state index contributed by atoms with van der Waals surface area (Å²) in [7, 11) is -3.98. The zero-order valence-electron chi connectivity index (χ0n) is 23.4. The Hall–Kier alpha value is -3.38. The lowest BCUT2D eigenvalue weighted by atomic mass is 9.89. The molecular formula is C32H38N2O3S. The maximum absolute atomic E-state index is 14.7. The van der Waals surface area contributed by atoms with Crippen LogP contribution in [0.5, 0.6) is 5.75 Å². The van der Waals surface area contributed by atoms with Crippen molar-refractivity contribution >= 4 is 33.2 Å². The van der Waals surface area contributed by atoms with Gasteiger partial charge in [-0.15, -0.1) is 0 Å². The summed E-state index contributed by atoms with van der Waals surface area (Å²) in [5.74, 6) is 1.54. The molecule has 38 heavy (non-hydrogen) atoms. The van der Waals surface area contributed by atoms with Crippen molar-refractivity contribution in [3.05, 3.63) is 88.7 Å². The Labute approximate surface area is 227 Å². The van der Waals surface area contributed by atoms with Crippen LogP contribution in [0.15, 0.2) is 65.6 Å². The van der Waals surface area contributed by atoms with Crippen LogP contribution in [-0.2, 0) is 10.0 Å². The van der Waals surface area contributed by atoms with Gasteiger partial charge in [0, 0.05) is 0 Å². The number of ether oxygens (including phenoxy) is 1. The minimum atomic E-state index is -3.98. The van der Waals surface area contributed by atoms with Gasteiger partial charge in [0.25, 0.3) is 10.0 Å². The van der Waals surface area contributed by atoms with E-state index in [1.54, 1.807) is 6.08 Å². The van der Waals surface area contributed by atoms with E-state index in [-0.39, 0.29) is 11.8 Å². The first-order valence-corrected chi connectivity index (χ1v) is 14.8. The van der Waals surface area contributed by atoms with Gasteiger partial charge in [-0.1, -0.05) is 84.0 Å². The molecule has 6 heteroatoms. The van der Waals surface area contributed by atoms with Gasteiger partial charge in [0.1, 0.15) is 11.6 Å². The molecule has 0 atom stereocenters. The molecule has 0 saturated heterocycles. The Balaban J connectivity index is 1.95. The lowest BCUT2D eigenvalue weighted by Gasteiger charge is -2.23. The number of benzene rings is 3. The standard InChI is InChI=1S/C32H38N2O3S/c1-8-37-26-16-13-24(14-17-26)15-18-31-33-29-11-9-10-12-30(29)34(31)38(35,36)32-27(22(4)5)19-25(21(2)3)20-28(32)23(6)7/h9-23H,8H2,1-7H3. The van der Waals surface area contributed by atoms with Crippen molar-refractivity contribution in [3.63, 3.8) is 0 Å². The number of hydrogen-bond donors (Lipinski definition) is 0. The minimum Gasteiger partial charge on any atom is -0.494 e. The highest BCUT2D eigenvalue weighted by Crippen LogP contribution is 2.37. The monoisotopic (exact) mass is 530 g/mol. The molecule has 1 heterocycles. The summed E-state index contributed by atoms with van der Waals surface area (Å²) < 4.78 is 36.3. The van der Waals surface area contributed by atoms with Gasteiger partial charge >= 0.3 is 0 Å². The lowest BCUT2D eigenvalue weighted by molar-refractivity contribution is 0.340. The van der Waals surface area contributed by atoms with Gasteiger partial charge in [-0.3, -0.25) is 0 Å². The van der Waals surface area contributed by atoms with Gasteiger partial charge in [-0.2, -0.15) is 0 Å². The third-order valence-corrected chi connectivity index (χ3v) is 8.59. The molecule has 0 unspecified atom stereocenters. The fraction of sp³-hybridized carbons (Fsp3) is 0.344. The summed E-state index contributed by atoms with van der Waals surface area (Å²) in [4.78, 5) is 5.13. The molecule has 0 aliphatic heterocycles. The fourth-order valence-electron chi connectivity index (χ4n) is 4.67.